The fourth-order valence-electron chi connectivity index (χ4n) is 1.69. The van der Waals surface area contributed by atoms with Gasteiger partial charge in [-0.15, -0.1) is 0 Å². The Hall–Kier alpha value is -1.04. The smallest absolute Gasteiger partial charge is 0.215 e. The van der Waals surface area contributed by atoms with Crippen molar-refractivity contribution in [2.75, 3.05) is 0 Å². The van der Waals surface area contributed by atoms with E-state index in [4.69, 9.17) is 15.8 Å². The third kappa shape index (κ3) is 1.93. The summed E-state index contributed by atoms with van der Waals surface area (Å²) >= 11 is 6.24. The van der Waals surface area contributed by atoms with Crippen LogP contribution in [-0.4, -0.2) is 0 Å². The zero-order valence-corrected chi connectivity index (χ0v) is 10.6. The molecule has 16 heavy (non-hydrogen) atoms. The molecule has 0 N–H and O–H groups in total. The maximum atomic E-state index is 6.24. The molecule has 3 heteroatoms. The summed E-state index contributed by atoms with van der Waals surface area (Å²) in [6, 6.07) is 7.92. The summed E-state index contributed by atoms with van der Waals surface area (Å²) in [4.78, 5) is 0. The van der Waals surface area contributed by atoms with Crippen LogP contribution in [0.25, 0.3) is 5.57 Å². The van der Waals surface area contributed by atoms with Gasteiger partial charge >= 0.3 is 0 Å². The van der Waals surface area contributed by atoms with Crippen molar-refractivity contribution in [3.8, 4) is 5.75 Å². The van der Waals surface area contributed by atoms with E-state index in [-0.39, 0.29) is 0 Å². The second-order valence-electron chi connectivity index (χ2n) is 3.32. The molecule has 1 aliphatic rings. The molecule has 1 aliphatic heterocycles. The molecule has 0 bridgehead atoms. The first-order chi connectivity index (χ1) is 7.77. The lowest BCUT2D eigenvalue weighted by molar-refractivity contribution is 0.625. The quantitative estimate of drug-likeness (QED) is 0.630. The first-order valence-electron chi connectivity index (χ1n) is 5.00. The van der Waals surface area contributed by atoms with E-state index in [1.54, 1.807) is 6.08 Å². The van der Waals surface area contributed by atoms with Gasteiger partial charge in [-0.25, -0.2) is 0 Å². The number of allylic oxidation sites excluding steroid dienone is 5. The number of hydrogen-bond acceptors (Lipinski definition) is 1. The van der Waals surface area contributed by atoms with Crippen LogP contribution in [0.2, 0.25) is 0 Å². The monoisotopic (exact) mass is 250 g/mol. The van der Waals surface area contributed by atoms with Gasteiger partial charge in [0, 0.05) is 10.9 Å². The molecule has 0 saturated heterocycles. The van der Waals surface area contributed by atoms with Crippen molar-refractivity contribution < 1.29 is 4.52 Å². The average Bonchev–Trinajstić information content (AvgIpc) is 2.29. The van der Waals surface area contributed by atoms with Crippen molar-refractivity contribution in [1.82, 2.24) is 0 Å². The first-order valence-corrected chi connectivity index (χ1v) is 7.17. The SMILES string of the molecule is C=CC=C1C(=CC)P(Cl)Oc2ccccc21. The van der Waals surface area contributed by atoms with Crippen LogP contribution in [0.4, 0.5) is 0 Å². The summed E-state index contributed by atoms with van der Waals surface area (Å²) in [5.74, 6) is 0.849. The first kappa shape index (κ1) is 11.4. The third-order valence-corrected chi connectivity index (χ3v) is 4.37. The van der Waals surface area contributed by atoms with Gasteiger partial charge in [0.15, 0.2) is 0 Å². The molecule has 1 aromatic carbocycles. The molecule has 0 saturated carbocycles. The average molecular weight is 251 g/mol. The van der Waals surface area contributed by atoms with Crippen molar-refractivity contribution in [2.45, 2.75) is 6.92 Å². The van der Waals surface area contributed by atoms with E-state index in [2.05, 4.69) is 6.58 Å². The number of benzene rings is 1. The molecular weight excluding hydrogens is 239 g/mol. The zero-order chi connectivity index (χ0) is 11.5. The molecule has 1 aromatic rings. The normalized spacial score (nSPS) is 24.0. The summed E-state index contributed by atoms with van der Waals surface area (Å²) < 4.78 is 5.70. The molecule has 1 nitrogen and oxygen atoms in total. The largest absolute Gasteiger partial charge is 0.453 e. The van der Waals surface area contributed by atoms with Gasteiger partial charge in [0.05, 0.1) is 0 Å². The molecule has 2 rings (SSSR count). The van der Waals surface area contributed by atoms with E-state index < -0.39 is 7.50 Å². The number of para-hydroxylation sites is 1. The number of rotatable bonds is 1. The predicted octanol–water partition coefficient (Wildman–Crippen LogP) is 5.10. The van der Waals surface area contributed by atoms with Gasteiger partial charge in [-0.2, -0.15) is 0 Å². The van der Waals surface area contributed by atoms with Gasteiger partial charge < -0.3 is 4.52 Å². The maximum Gasteiger partial charge on any atom is 0.215 e. The van der Waals surface area contributed by atoms with Crippen LogP contribution in [0.1, 0.15) is 12.5 Å². The van der Waals surface area contributed by atoms with E-state index in [0.717, 1.165) is 22.2 Å². The Labute approximate surface area is 102 Å². The van der Waals surface area contributed by atoms with E-state index in [1.165, 1.54) is 0 Å². The minimum Gasteiger partial charge on any atom is -0.453 e. The van der Waals surface area contributed by atoms with Crippen molar-refractivity contribution >= 4 is 24.3 Å². The van der Waals surface area contributed by atoms with Crippen LogP contribution < -0.4 is 4.52 Å². The van der Waals surface area contributed by atoms with Crippen molar-refractivity contribution in [3.63, 3.8) is 0 Å². The Morgan fingerprint density at radius 1 is 1.38 bits per heavy atom. The lowest BCUT2D eigenvalue weighted by Gasteiger charge is -2.25. The molecule has 0 amide bonds. The van der Waals surface area contributed by atoms with E-state index in [1.807, 2.05) is 43.3 Å². The Bertz CT molecular complexity index is 477. The molecule has 0 spiro atoms. The van der Waals surface area contributed by atoms with Gasteiger partial charge in [-0.1, -0.05) is 43.0 Å². The van der Waals surface area contributed by atoms with Crippen LogP contribution in [0.5, 0.6) is 5.75 Å². The Morgan fingerprint density at radius 2 is 2.12 bits per heavy atom. The standard InChI is InChI=1S/C13H12ClOP/c1-3-7-11-10-8-5-6-9-12(10)15-16(14)13(11)4-2/h3-9H,1H2,2H3. The fourth-order valence-corrected chi connectivity index (χ4v) is 3.49. The molecule has 0 fully saturated rings. The minimum absolute atomic E-state index is 0.849. The second-order valence-corrected chi connectivity index (χ2v) is 5.40. The van der Waals surface area contributed by atoms with E-state index >= 15 is 0 Å². The lowest BCUT2D eigenvalue weighted by atomic mass is 10.0. The number of fused-ring (bicyclic) bond motifs is 1. The van der Waals surface area contributed by atoms with Crippen molar-refractivity contribution in [1.29, 1.82) is 0 Å². The van der Waals surface area contributed by atoms with Gasteiger partial charge in [0.2, 0.25) is 7.50 Å². The Balaban J connectivity index is 2.62. The van der Waals surface area contributed by atoms with Crippen LogP contribution in [0.15, 0.2) is 54.4 Å². The highest BCUT2D eigenvalue weighted by atomic mass is 35.7. The van der Waals surface area contributed by atoms with Crippen LogP contribution >= 0.6 is 18.7 Å². The zero-order valence-electron chi connectivity index (χ0n) is 8.98. The maximum absolute atomic E-state index is 6.24. The summed E-state index contributed by atoms with van der Waals surface area (Å²) in [5, 5.41) is 1.05. The molecular formula is C13H12ClOP. The van der Waals surface area contributed by atoms with Crippen LogP contribution in [-0.2, 0) is 0 Å². The second kappa shape index (κ2) is 4.86. The molecule has 0 aliphatic carbocycles. The number of halogens is 1. The van der Waals surface area contributed by atoms with Crippen molar-refractivity contribution in [2.24, 2.45) is 0 Å². The minimum atomic E-state index is -1.08. The highest BCUT2D eigenvalue weighted by molar-refractivity contribution is 7.84. The number of hydrogen-bond donors (Lipinski definition) is 0. The summed E-state index contributed by atoms with van der Waals surface area (Å²) in [6.07, 6.45) is 5.76. The topological polar surface area (TPSA) is 9.23 Å². The summed E-state index contributed by atoms with van der Waals surface area (Å²) in [7, 11) is -1.08. The highest BCUT2D eigenvalue weighted by Gasteiger charge is 2.26. The molecule has 0 radical (unpaired) electrons. The lowest BCUT2D eigenvalue weighted by Crippen LogP contribution is -2.00. The molecule has 1 heterocycles. The molecule has 1 atom stereocenters. The van der Waals surface area contributed by atoms with E-state index in [0.29, 0.717) is 0 Å². The molecule has 0 aromatic heterocycles. The summed E-state index contributed by atoms with van der Waals surface area (Å²) in [6.45, 7) is 5.71. The predicted molar refractivity (Wildman–Crippen MR) is 71.8 cm³/mol. The van der Waals surface area contributed by atoms with Crippen LogP contribution in [0.3, 0.4) is 0 Å². The van der Waals surface area contributed by atoms with Crippen LogP contribution in [0, 0.1) is 0 Å². The fraction of sp³-hybridized carbons (Fsp3) is 0.0769. The third-order valence-electron chi connectivity index (χ3n) is 2.38. The van der Waals surface area contributed by atoms with Gasteiger partial charge in [-0.05, 0) is 29.8 Å². The Kier molecular flexibility index (Phi) is 3.48. The van der Waals surface area contributed by atoms with E-state index in [9.17, 15) is 0 Å². The highest BCUT2D eigenvalue weighted by Crippen LogP contribution is 2.60. The van der Waals surface area contributed by atoms with Gasteiger partial charge in [0.1, 0.15) is 5.75 Å². The summed E-state index contributed by atoms with van der Waals surface area (Å²) in [5.41, 5.74) is 2.19. The molecule has 82 valence electrons. The van der Waals surface area contributed by atoms with Gasteiger partial charge in [0.25, 0.3) is 0 Å². The molecule has 1 unspecified atom stereocenters. The Morgan fingerprint density at radius 3 is 2.81 bits per heavy atom. The van der Waals surface area contributed by atoms with Gasteiger partial charge in [-0.3, -0.25) is 0 Å². The van der Waals surface area contributed by atoms with Crippen molar-refractivity contribution in [3.05, 3.63) is 60.0 Å².